The lowest BCUT2D eigenvalue weighted by molar-refractivity contribution is -0.119. The minimum Gasteiger partial charge on any atom is -0.384 e. The maximum absolute atomic E-state index is 12.4. The van der Waals surface area contributed by atoms with Gasteiger partial charge in [0.1, 0.15) is 12.4 Å². The Hall–Kier alpha value is -1.43. The maximum atomic E-state index is 12.4. The third kappa shape index (κ3) is 3.80. The van der Waals surface area contributed by atoms with Crippen LogP contribution in [-0.4, -0.2) is 25.1 Å². The van der Waals surface area contributed by atoms with Crippen LogP contribution in [0, 0.1) is 5.41 Å². The van der Waals surface area contributed by atoms with Crippen molar-refractivity contribution < 1.29 is 13.2 Å². The Morgan fingerprint density at radius 3 is 2.50 bits per heavy atom. The highest BCUT2D eigenvalue weighted by atomic mass is 35.5. The van der Waals surface area contributed by atoms with E-state index >= 15 is 0 Å². The van der Waals surface area contributed by atoms with Crippen molar-refractivity contribution in [3.8, 4) is 0 Å². The minimum absolute atomic E-state index is 0.154. The zero-order valence-corrected chi connectivity index (χ0v) is 10.4. The molecule has 0 aliphatic heterocycles. The standard InChI is InChI=1S/C11H13ClF3N3/c1-2-18(6-11(13,14)15)9-4-3-7(12)5-8(9)10(16)17/h3-5H,2,6H2,1H3,(H3,16,17). The van der Waals surface area contributed by atoms with Crippen molar-refractivity contribution in [2.75, 3.05) is 18.0 Å². The van der Waals surface area contributed by atoms with Crippen molar-refractivity contribution in [2.45, 2.75) is 13.1 Å². The molecule has 3 nitrogen and oxygen atoms in total. The summed E-state index contributed by atoms with van der Waals surface area (Å²) >= 11 is 5.75. The molecule has 0 heterocycles. The van der Waals surface area contributed by atoms with Crippen molar-refractivity contribution in [3.63, 3.8) is 0 Å². The fourth-order valence-electron chi connectivity index (χ4n) is 1.58. The number of nitrogens with two attached hydrogens (primary N) is 1. The second-order valence-electron chi connectivity index (χ2n) is 3.70. The van der Waals surface area contributed by atoms with Crippen LogP contribution in [0.4, 0.5) is 18.9 Å². The highest BCUT2D eigenvalue weighted by molar-refractivity contribution is 6.31. The predicted molar refractivity (Wildman–Crippen MR) is 66.4 cm³/mol. The second-order valence-corrected chi connectivity index (χ2v) is 4.14. The molecule has 1 aromatic rings. The lowest BCUT2D eigenvalue weighted by atomic mass is 10.1. The molecule has 0 atom stereocenters. The molecule has 0 aromatic heterocycles. The highest BCUT2D eigenvalue weighted by Gasteiger charge is 2.31. The van der Waals surface area contributed by atoms with E-state index in [9.17, 15) is 13.2 Å². The number of benzene rings is 1. The first kappa shape index (κ1) is 14.6. The topological polar surface area (TPSA) is 53.1 Å². The van der Waals surface area contributed by atoms with Gasteiger partial charge in [-0.05, 0) is 25.1 Å². The van der Waals surface area contributed by atoms with Crippen LogP contribution in [-0.2, 0) is 0 Å². The SMILES string of the molecule is CCN(CC(F)(F)F)c1ccc(Cl)cc1C(=N)N. The Balaban J connectivity index is 3.17. The van der Waals surface area contributed by atoms with Crippen molar-refractivity contribution in [3.05, 3.63) is 28.8 Å². The highest BCUT2D eigenvalue weighted by Crippen LogP contribution is 2.27. The van der Waals surface area contributed by atoms with Crippen LogP contribution >= 0.6 is 11.6 Å². The molecule has 0 bridgehead atoms. The monoisotopic (exact) mass is 279 g/mol. The van der Waals surface area contributed by atoms with E-state index in [-0.39, 0.29) is 23.6 Å². The van der Waals surface area contributed by atoms with Crippen LogP contribution in [0.1, 0.15) is 12.5 Å². The Morgan fingerprint density at radius 2 is 2.06 bits per heavy atom. The van der Waals surface area contributed by atoms with E-state index in [0.717, 1.165) is 4.90 Å². The van der Waals surface area contributed by atoms with Crippen molar-refractivity contribution in [1.29, 1.82) is 5.41 Å². The number of halogens is 4. The number of nitrogens with one attached hydrogen (secondary N) is 1. The van der Waals surface area contributed by atoms with Gasteiger partial charge in [-0.15, -0.1) is 0 Å². The van der Waals surface area contributed by atoms with Gasteiger partial charge in [0, 0.05) is 22.8 Å². The molecule has 0 saturated carbocycles. The maximum Gasteiger partial charge on any atom is 0.405 e. The summed E-state index contributed by atoms with van der Waals surface area (Å²) in [4.78, 5) is 1.10. The lowest BCUT2D eigenvalue weighted by Crippen LogP contribution is -2.35. The minimum atomic E-state index is -4.32. The molecular weight excluding hydrogens is 267 g/mol. The number of alkyl halides is 3. The summed E-state index contributed by atoms with van der Waals surface area (Å²) in [5.74, 6) is -0.312. The van der Waals surface area contributed by atoms with E-state index < -0.39 is 12.7 Å². The van der Waals surface area contributed by atoms with Gasteiger partial charge in [0.25, 0.3) is 0 Å². The summed E-state index contributed by atoms with van der Waals surface area (Å²) in [6.07, 6.45) is -4.32. The fraction of sp³-hybridized carbons (Fsp3) is 0.364. The number of hydrogen-bond donors (Lipinski definition) is 2. The summed E-state index contributed by atoms with van der Waals surface area (Å²) < 4.78 is 37.3. The molecule has 0 aliphatic carbocycles. The third-order valence-electron chi connectivity index (χ3n) is 2.34. The van der Waals surface area contributed by atoms with Crippen LogP contribution in [0.15, 0.2) is 18.2 Å². The van der Waals surface area contributed by atoms with Gasteiger partial charge in [-0.1, -0.05) is 11.6 Å². The van der Waals surface area contributed by atoms with Crippen LogP contribution in [0.2, 0.25) is 5.02 Å². The molecule has 7 heteroatoms. The molecule has 0 aliphatic rings. The van der Waals surface area contributed by atoms with Gasteiger partial charge in [-0.25, -0.2) is 0 Å². The molecule has 100 valence electrons. The zero-order valence-electron chi connectivity index (χ0n) is 9.68. The van der Waals surface area contributed by atoms with Crippen LogP contribution in [0.3, 0.4) is 0 Å². The first-order valence-electron chi connectivity index (χ1n) is 5.20. The molecule has 18 heavy (non-hydrogen) atoms. The Morgan fingerprint density at radius 1 is 1.44 bits per heavy atom. The number of hydrogen-bond acceptors (Lipinski definition) is 2. The Kier molecular flexibility index (Phi) is 4.45. The smallest absolute Gasteiger partial charge is 0.384 e. The molecule has 0 amide bonds. The number of amidine groups is 1. The first-order chi connectivity index (χ1) is 8.24. The fourth-order valence-corrected chi connectivity index (χ4v) is 1.76. The third-order valence-corrected chi connectivity index (χ3v) is 2.58. The normalized spacial score (nSPS) is 11.4. The van der Waals surface area contributed by atoms with E-state index in [0.29, 0.717) is 5.02 Å². The van der Waals surface area contributed by atoms with E-state index in [2.05, 4.69) is 0 Å². The van der Waals surface area contributed by atoms with E-state index in [1.165, 1.54) is 18.2 Å². The first-order valence-corrected chi connectivity index (χ1v) is 5.58. The van der Waals surface area contributed by atoms with Gasteiger partial charge in [-0.3, -0.25) is 5.41 Å². The summed E-state index contributed by atoms with van der Waals surface area (Å²) in [5, 5.41) is 7.71. The van der Waals surface area contributed by atoms with Crippen LogP contribution in [0.25, 0.3) is 0 Å². The van der Waals surface area contributed by atoms with Crippen LogP contribution in [0.5, 0.6) is 0 Å². The molecule has 3 N–H and O–H groups in total. The Labute approximate surface area is 108 Å². The molecule has 0 radical (unpaired) electrons. The van der Waals surface area contributed by atoms with Gasteiger partial charge < -0.3 is 10.6 Å². The van der Waals surface area contributed by atoms with Crippen molar-refractivity contribution in [2.24, 2.45) is 5.73 Å². The molecule has 0 saturated heterocycles. The van der Waals surface area contributed by atoms with Gasteiger partial charge >= 0.3 is 6.18 Å². The van der Waals surface area contributed by atoms with Gasteiger partial charge in [0.15, 0.2) is 0 Å². The van der Waals surface area contributed by atoms with Gasteiger partial charge in [0.05, 0.1) is 0 Å². The molecule has 0 fully saturated rings. The summed E-state index contributed by atoms with van der Waals surface area (Å²) in [6.45, 7) is 0.664. The number of anilines is 1. The zero-order chi connectivity index (χ0) is 13.9. The van der Waals surface area contributed by atoms with E-state index in [4.69, 9.17) is 22.7 Å². The number of nitrogen functional groups attached to an aromatic ring is 1. The summed E-state index contributed by atoms with van der Waals surface area (Å²) in [7, 11) is 0. The average molecular weight is 280 g/mol. The quantitative estimate of drug-likeness (QED) is 0.657. The molecular formula is C11H13ClF3N3. The summed E-state index contributed by atoms with van der Waals surface area (Å²) in [5.41, 5.74) is 5.82. The van der Waals surface area contributed by atoms with Crippen molar-refractivity contribution in [1.82, 2.24) is 0 Å². The molecule has 1 rings (SSSR count). The molecule has 0 spiro atoms. The average Bonchev–Trinajstić information content (AvgIpc) is 2.24. The van der Waals surface area contributed by atoms with E-state index in [1.54, 1.807) is 6.92 Å². The van der Waals surface area contributed by atoms with Crippen LogP contribution < -0.4 is 10.6 Å². The van der Waals surface area contributed by atoms with Gasteiger partial charge in [0.2, 0.25) is 0 Å². The molecule has 1 aromatic carbocycles. The Bertz CT molecular complexity index is 446. The summed E-state index contributed by atoms with van der Waals surface area (Å²) in [6, 6.07) is 4.30. The molecule has 0 unspecified atom stereocenters. The number of rotatable bonds is 4. The lowest BCUT2D eigenvalue weighted by Gasteiger charge is -2.26. The van der Waals surface area contributed by atoms with Crippen molar-refractivity contribution >= 4 is 23.1 Å². The van der Waals surface area contributed by atoms with E-state index in [1.807, 2.05) is 0 Å². The number of nitrogens with zero attached hydrogens (tertiary/aromatic N) is 1. The predicted octanol–water partition coefficient (Wildman–Crippen LogP) is 3.01. The second kappa shape index (κ2) is 5.48. The van der Waals surface area contributed by atoms with Gasteiger partial charge in [-0.2, -0.15) is 13.2 Å². The largest absolute Gasteiger partial charge is 0.405 e.